The molecule has 15 heavy (non-hydrogen) atoms. The summed E-state index contributed by atoms with van der Waals surface area (Å²) in [6.07, 6.45) is 2.79. The number of hydrogen-bond acceptors (Lipinski definition) is 5. The van der Waals surface area contributed by atoms with Crippen LogP contribution in [0.25, 0.3) is 0 Å². The maximum absolute atomic E-state index is 10.7. The predicted molar refractivity (Wildman–Crippen MR) is 51.0 cm³/mol. The van der Waals surface area contributed by atoms with Gasteiger partial charge in [0.2, 0.25) is 0 Å². The van der Waals surface area contributed by atoms with Crippen LogP contribution in [-0.4, -0.2) is 29.7 Å². The quantitative estimate of drug-likeness (QED) is 0.341. The summed E-state index contributed by atoms with van der Waals surface area (Å²) in [6.45, 7) is 0. The van der Waals surface area contributed by atoms with E-state index in [1.54, 1.807) is 0 Å². The minimum absolute atomic E-state index is 0.526. The van der Waals surface area contributed by atoms with E-state index in [9.17, 15) is 13.2 Å². The Hall–Kier alpha value is -1.22. The predicted octanol–water partition coefficient (Wildman–Crippen LogP) is -1.36. The zero-order chi connectivity index (χ0) is 11.9. The Labute approximate surface area is 85.8 Å². The van der Waals surface area contributed by atoms with E-state index in [-0.39, 0.29) is 0 Å². The van der Waals surface area contributed by atoms with Gasteiger partial charge >= 0.3 is 5.97 Å². The molecule has 0 amide bonds. The number of carboxylic acid groups (broad SMARTS) is 1. The Morgan fingerprint density at radius 3 is 2.40 bits per heavy atom. The number of carbonyl (C=O) groups is 1. The Bertz CT molecular complexity index is 448. The Morgan fingerprint density at radius 2 is 2.00 bits per heavy atom. The van der Waals surface area contributed by atoms with Crippen LogP contribution in [0.4, 0.5) is 0 Å². The van der Waals surface area contributed by atoms with Crippen LogP contribution in [0.2, 0.25) is 0 Å². The molecule has 0 spiro atoms. The summed E-state index contributed by atoms with van der Waals surface area (Å²) in [5.74, 6) is -2.77. The first-order chi connectivity index (χ1) is 6.64. The van der Waals surface area contributed by atoms with E-state index in [2.05, 4.69) is 0 Å². The highest BCUT2D eigenvalue weighted by Crippen LogP contribution is 2.23. The van der Waals surface area contributed by atoms with Crippen molar-refractivity contribution in [2.45, 2.75) is 5.66 Å². The SMILES string of the molecule is NC1(N)C=CC(S(=O)(=O)O)=CC1C(=O)O. The summed E-state index contributed by atoms with van der Waals surface area (Å²) in [5.41, 5.74) is 9.17. The van der Waals surface area contributed by atoms with Gasteiger partial charge < -0.3 is 16.6 Å². The van der Waals surface area contributed by atoms with Crippen molar-refractivity contribution in [1.82, 2.24) is 0 Å². The van der Waals surface area contributed by atoms with Crippen LogP contribution in [-0.2, 0) is 14.9 Å². The second-order valence-corrected chi connectivity index (χ2v) is 4.61. The van der Waals surface area contributed by atoms with Gasteiger partial charge in [0.1, 0.15) is 11.6 Å². The Kier molecular flexibility index (Phi) is 2.70. The molecule has 0 saturated heterocycles. The smallest absolute Gasteiger partial charge is 0.314 e. The first kappa shape index (κ1) is 11.9. The van der Waals surface area contributed by atoms with Crippen molar-refractivity contribution in [2.75, 3.05) is 0 Å². The maximum atomic E-state index is 10.7. The van der Waals surface area contributed by atoms with Crippen molar-refractivity contribution in [2.24, 2.45) is 17.4 Å². The number of allylic oxidation sites excluding steroid dienone is 1. The monoisotopic (exact) mass is 234 g/mol. The highest BCUT2D eigenvalue weighted by molar-refractivity contribution is 7.90. The van der Waals surface area contributed by atoms with Gasteiger partial charge in [0.05, 0.1) is 4.91 Å². The zero-order valence-corrected chi connectivity index (χ0v) is 8.31. The third kappa shape index (κ3) is 2.42. The summed E-state index contributed by atoms with van der Waals surface area (Å²) in [5, 5.41) is 8.74. The number of rotatable bonds is 2. The summed E-state index contributed by atoms with van der Waals surface area (Å²) in [7, 11) is -4.44. The van der Waals surface area contributed by atoms with Crippen molar-refractivity contribution in [3.05, 3.63) is 23.1 Å². The fourth-order valence-electron chi connectivity index (χ4n) is 1.15. The molecule has 0 aromatic carbocycles. The van der Waals surface area contributed by atoms with E-state index >= 15 is 0 Å². The lowest BCUT2D eigenvalue weighted by Gasteiger charge is -2.28. The molecular weight excluding hydrogens is 224 g/mol. The van der Waals surface area contributed by atoms with Gasteiger partial charge in [-0.25, -0.2) is 0 Å². The Balaban J connectivity index is 3.21. The molecule has 0 aliphatic heterocycles. The molecule has 6 N–H and O–H groups in total. The van der Waals surface area contributed by atoms with E-state index in [1.165, 1.54) is 0 Å². The molecule has 0 aromatic heterocycles. The first-order valence-corrected chi connectivity index (χ1v) is 5.28. The fourth-order valence-corrected chi connectivity index (χ4v) is 1.70. The summed E-state index contributed by atoms with van der Waals surface area (Å²) >= 11 is 0. The van der Waals surface area contributed by atoms with Gasteiger partial charge in [-0.1, -0.05) is 0 Å². The van der Waals surface area contributed by atoms with Crippen LogP contribution in [0.15, 0.2) is 23.1 Å². The number of hydrogen-bond donors (Lipinski definition) is 4. The van der Waals surface area contributed by atoms with Crippen LogP contribution >= 0.6 is 0 Å². The van der Waals surface area contributed by atoms with Gasteiger partial charge in [-0.3, -0.25) is 9.35 Å². The van der Waals surface area contributed by atoms with Gasteiger partial charge in [0.15, 0.2) is 0 Å². The van der Waals surface area contributed by atoms with Crippen LogP contribution in [0, 0.1) is 5.92 Å². The van der Waals surface area contributed by atoms with Crippen molar-refractivity contribution >= 4 is 16.1 Å². The molecule has 1 rings (SSSR count). The lowest BCUT2D eigenvalue weighted by molar-refractivity contribution is -0.141. The van der Waals surface area contributed by atoms with Gasteiger partial charge in [0, 0.05) is 0 Å². The average molecular weight is 234 g/mol. The molecule has 0 aromatic rings. The number of aliphatic carboxylic acids is 1. The minimum atomic E-state index is -4.44. The van der Waals surface area contributed by atoms with Crippen molar-refractivity contribution in [1.29, 1.82) is 0 Å². The molecule has 7 nitrogen and oxygen atoms in total. The van der Waals surface area contributed by atoms with Crippen molar-refractivity contribution in [3.8, 4) is 0 Å². The number of nitrogens with two attached hydrogens (primary N) is 2. The fraction of sp³-hybridized carbons (Fsp3) is 0.286. The van der Waals surface area contributed by atoms with E-state index in [0.29, 0.717) is 0 Å². The van der Waals surface area contributed by atoms with E-state index in [1.807, 2.05) is 0 Å². The van der Waals surface area contributed by atoms with Crippen LogP contribution in [0.3, 0.4) is 0 Å². The van der Waals surface area contributed by atoms with E-state index < -0.39 is 32.6 Å². The zero-order valence-electron chi connectivity index (χ0n) is 7.49. The topological polar surface area (TPSA) is 144 Å². The molecule has 1 atom stereocenters. The molecule has 1 aliphatic rings. The van der Waals surface area contributed by atoms with Crippen LogP contribution in [0.1, 0.15) is 0 Å². The third-order valence-electron chi connectivity index (χ3n) is 1.97. The molecule has 0 fully saturated rings. The molecule has 84 valence electrons. The molecule has 0 saturated carbocycles. The normalized spacial score (nSPS) is 24.7. The third-order valence-corrected chi connectivity index (χ3v) is 2.84. The average Bonchev–Trinajstić information content (AvgIpc) is 2.00. The molecule has 8 heteroatoms. The summed E-state index contributed by atoms with van der Waals surface area (Å²) in [4.78, 5) is 10.2. The largest absolute Gasteiger partial charge is 0.481 e. The molecule has 1 aliphatic carbocycles. The highest BCUT2D eigenvalue weighted by atomic mass is 32.2. The first-order valence-electron chi connectivity index (χ1n) is 3.84. The van der Waals surface area contributed by atoms with Gasteiger partial charge in [-0.2, -0.15) is 8.42 Å². The van der Waals surface area contributed by atoms with Crippen molar-refractivity contribution < 1.29 is 22.9 Å². The van der Waals surface area contributed by atoms with Gasteiger partial charge in [-0.05, 0) is 18.2 Å². The van der Waals surface area contributed by atoms with Crippen LogP contribution < -0.4 is 11.5 Å². The summed E-state index contributed by atoms with van der Waals surface area (Å²) in [6, 6.07) is 0. The van der Waals surface area contributed by atoms with E-state index in [4.69, 9.17) is 21.1 Å². The van der Waals surface area contributed by atoms with Gasteiger partial charge in [-0.15, -0.1) is 0 Å². The molecule has 0 radical (unpaired) electrons. The lowest BCUT2D eigenvalue weighted by Crippen LogP contribution is -2.57. The molecular formula is C7H10N2O5S. The molecule has 0 bridgehead atoms. The van der Waals surface area contributed by atoms with Crippen LogP contribution in [0.5, 0.6) is 0 Å². The van der Waals surface area contributed by atoms with Crippen molar-refractivity contribution in [3.63, 3.8) is 0 Å². The molecule has 0 heterocycles. The lowest BCUT2D eigenvalue weighted by atomic mass is 9.90. The minimum Gasteiger partial charge on any atom is -0.481 e. The number of carboxylic acids is 1. The Morgan fingerprint density at radius 1 is 1.47 bits per heavy atom. The highest BCUT2D eigenvalue weighted by Gasteiger charge is 2.37. The van der Waals surface area contributed by atoms with E-state index in [0.717, 1.165) is 18.2 Å². The maximum Gasteiger partial charge on any atom is 0.314 e. The standard InChI is InChI=1S/C7H10N2O5S/c8-7(9)2-1-4(15(12,13)14)3-5(7)6(10)11/h1-3,5H,8-9H2,(H,10,11)(H,12,13,14). The molecule has 1 unspecified atom stereocenters. The summed E-state index contributed by atoms with van der Waals surface area (Å²) < 4.78 is 30.1. The second kappa shape index (κ2) is 3.42. The second-order valence-electron chi connectivity index (χ2n) is 3.19. The van der Waals surface area contributed by atoms with Gasteiger partial charge in [0.25, 0.3) is 10.1 Å².